The lowest BCUT2D eigenvalue weighted by Crippen LogP contribution is -2.36. The van der Waals surface area contributed by atoms with Crippen molar-refractivity contribution >= 4 is 17.7 Å². The first-order valence-corrected chi connectivity index (χ1v) is 6.33. The summed E-state index contributed by atoms with van der Waals surface area (Å²) < 4.78 is 5.12. The number of pyridine rings is 1. The van der Waals surface area contributed by atoms with Crippen molar-refractivity contribution in [3.05, 3.63) is 54.9 Å². The number of ether oxygens (including phenoxy) is 1. The van der Waals surface area contributed by atoms with E-state index in [1.165, 1.54) is 18.1 Å². The van der Waals surface area contributed by atoms with E-state index in [9.17, 15) is 9.59 Å². The van der Waals surface area contributed by atoms with Crippen molar-refractivity contribution in [3.63, 3.8) is 0 Å². The van der Waals surface area contributed by atoms with Crippen LogP contribution in [0.15, 0.2) is 54.9 Å². The number of benzene rings is 1. The van der Waals surface area contributed by atoms with E-state index in [1.54, 1.807) is 42.6 Å². The van der Waals surface area contributed by atoms with E-state index in [0.29, 0.717) is 11.4 Å². The summed E-state index contributed by atoms with van der Waals surface area (Å²) in [6.07, 6.45) is 2.54. The third-order valence-electron chi connectivity index (χ3n) is 2.59. The number of carbonyl (C=O) groups is 2. The molecule has 2 amide bonds. The number of likely N-dealkylation sites (N-methyl/N-ethyl adjacent to an activating group) is 1. The molecule has 6 nitrogen and oxygen atoms in total. The second kappa shape index (κ2) is 7.04. The Bertz CT molecular complexity index is 602. The van der Waals surface area contributed by atoms with Crippen LogP contribution in [0.2, 0.25) is 0 Å². The second-order valence-electron chi connectivity index (χ2n) is 4.33. The van der Waals surface area contributed by atoms with Crippen molar-refractivity contribution in [2.75, 3.05) is 18.9 Å². The molecular formula is C15H15N3O3. The van der Waals surface area contributed by atoms with Crippen LogP contribution < -0.4 is 10.1 Å². The minimum atomic E-state index is -0.595. The zero-order valence-corrected chi connectivity index (χ0v) is 11.5. The predicted octanol–water partition coefficient (Wildman–Crippen LogP) is 2.15. The number of para-hydroxylation sites is 1. The number of hydrogen-bond donors (Lipinski definition) is 1. The fourth-order valence-electron chi connectivity index (χ4n) is 1.58. The smallest absolute Gasteiger partial charge is 0.410 e. The van der Waals surface area contributed by atoms with Crippen LogP contribution in [-0.2, 0) is 4.79 Å². The molecule has 0 radical (unpaired) electrons. The first-order valence-electron chi connectivity index (χ1n) is 6.33. The fraction of sp³-hybridized carbons (Fsp3) is 0.133. The number of nitrogens with one attached hydrogen (secondary N) is 1. The van der Waals surface area contributed by atoms with Crippen molar-refractivity contribution in [1.29, 1.82) is 0 Å². The van der Waals surface area contributed by atoms with Crippen LogP contribution in [0.5, 0.6) is 5.75 Å². The maximum Gasteiger partial charge on any atom is 0.415 e. The number of hydrogen-bond acceptors (Lipinski definition) is 4. The molecule has 108 valence electrons. The summed E-state index contributed by atoms with van der Waals surface area (Å²) >= 11 is 0. The quantitative estimate of drug-likeness (QED) is 0.934. The number of carbonyl (C=O) groups excluding carboxylic acids is 2. The Kier molecular flexibility index (Phi) is 4.87. The van der Waals surface area contributed by atoms with Gasteiger partial charge in [-0.1, -0.05) is 18.2 Å². The summed E-state index contributed by atoms with van der Waals surface area (Å²) in [7, 11) is 1.49. The topological polar surface area (TPSA) is 71.5 Å². The summed E-state index contributed by atoms with van der Waals surface area (Å²) in [4.78, 5) is 28.7. The highest BCUT2D eigenvalue weighted by Crippen LogP contribution is 2.09. The Labute approximate surface area is 122 Å². The molecule has 0 bridgehead atoms. The molecule has 1 aromatic carbocycles. The zero-order valence-electron chi connectivity index (χ0n) is 11.5. The van der Waals surface area contributed by atoms with Gasteiger partial charge < -0.3 is 15.0 Å². The van der Waals surface area contributed by atoms with Crippen LogP contribution in [0.4, 0.5) is 10.5 Å². The molecule has 0 fully saturated rings. The maximum atomic E-state index is 11.8. The molecule has 0 aliphatic heterocycles. The lowest BCUT2D eigenvalue weighted by molar-refractivity contribution is -0.116. The highest BCUT2D eigenvalue weighted by molar-refractivity contribution is 5.93. The molecule has 0 aliphatic rings. The second-order valence-corrected chi connectivity index (χ2v) is 4.33. The van der Waals surface area contributed by atoms with E-state index in [-0.39, 0.29) is 12.5 Å². The van der Waals surface area contributed by atoms with Crippen LogP contribution >= 0.6 is 0 Å². The minimum absolute atomic E-state index is 0.111. The van der Waals surface area contributed by atoms with Gasteiger partial charge >= 0.3 is 6.09 Å². The largest absolute Gasteiger partial charge is 0.415 e. The number of aromatic nitrogens is 1. The van der Waals surface area contributed by atoms with Crippen molar-refractivity contribution in [2.45, 2.75) is 0 Å². The van der Waals surface area contributed by atoms with Crippen LogP contribution in [0.3, 0.4) is 0 Å². The first-order chi connectivity index (χ1) is 10.1. The van der Waals surface area contributed by atoms with Gasteiger partial charge in [0.05, 0.1) is 11.9 Å². The van der Waals surface area contributed by atoms with Gasteiger partial charge in [0, 0.05) is 13.2 Å². The molecule has 6 heteroatoms. The Morgan fingerprint density at radius 2 is 1.95 bits per heavy atom. The molecule has 0 aliphatic carbocycles. The molecule has 1 N–H and O–H groups in total. The Balaban J connectivity index is 1.84. The molecule has 0 spiro atoms. The molecule has 0 unspecified atom stereocenters. The summed E-state index contributed by atoms with van der Waals surface area (Å²) in [6.45, 7) is -0.111. The molecule has 2 aromatic rings. The molecule has 2 rings (SSSR count). The number of amides is 2. The van der Waals surface area contributed by atoms with Gasteiger partial charge in [0.2, 0.25) is 5.91 Å². The molecular weight excluding hydrogens is 270 g/mol. The van der Waals surface area contributed by atoms with Gasteiger partial charge in [0.15, 0.2) is 0 Å². The van der Waals surface area contributed by atoms with E-state index >= 15 is 0 Å². The first kappa shape index (κ1) is 14.5. The lowest BCUT2D eigenvalue weighted by atomic mass is 10.3. The molecule has 21 heavy (non-hydrogen) atoms. The zero-order chi connectivity index (χ0) is 15.1. The Hall–Kier alpha value is -2.89. The average molecular weight is 285 g/mol. The predicted molar refractivity (Wildman–Crippen MR) is 78.0 cm³/mol. The minimum Gasteiger partial charge on any atom is -0.410 e. The van der Waals surface area contributed by atoms with Crippen LogP contribution in [0.1, 0.15) is 0 Å². The van der Waals surface area contributed by atoms with Gasteiger partial charge in [-0.15, -0.1) is 0 Å². The van der Waals surface area contributed by atoms with Gasteiger partial charge in [0.1, 0.15) is 12.3 Å². The van der Waals surface area contributed by atoms with Crippen molar-refractivity contribution in [3.8, 4) is 5.75 Å². The molecule has 0 saturated carbocycles. The number of anilines is 1. The number of nitrogens with zero attached hydrogens (tertiary/aromatic N) is 2. The van der Waals surface area contributed by atoms with Gasteiger partial charge in [-0.3, -0.25) is 9.78 Å². The summed E-state index contributed by atoms with van der Waals surface area (Å²) in [5.74, 6) is 0.109. The van der Waals surface area contributed by atoms with E-state index < -0.39 is 6.09 Å². The van der Waals surface area contributed by atoms with Gasteiger partial charge in [-0.2, -0.15) is 0 Å². The van der Waals surface area contributed by atoms with E-state index in [1.807, 2.05) is 6.07 Å². The van der Waals surface area contributed by atoms with Crippen LogP contribution in [0, 0.1) is 0 Å². The van der Waals surface area contributed by atoms with E-state index in [0.717, 1.165) is 0 Å². The van der Waals surface area contributed by atoms with Gasteiger partial charge in [0.25, 0.3) is 0 Å². The maximum absolute atomic E-state index is 11.8. The number of rotatable bonds is 4. The van der Waals surface area contributed by atoms with Gasteiger partial charge in [-0.05, 0) is 24.3 Å². The van der Waals surface area contributed by atoms with E-state index in [2.05, 4.69) is 10.3 Å². The molecule has 1 aromatic heterocycles. The standard InChI is InChI=1S/C15H15N3O3/c1-18(15(20)21-13-7-3-2-4-8-13)11-14(19)17-12-6-5-9-16-10-12/h2-10H,11H2,1H3,(H,17,19). The SMILES string of the molecule is CN(CC(=O)Nc1cccnc1)C(=O)Oc1ccccc1. The summed E-state index contributed by atoms with van der Waals surface area (Å²) in [5.41, 5.74) is 0.576. The normalized spacial score (nSPS) is 9.76. The fourth-order valence-corrected chi connectivity index (χ4v) is 1.58. The van der Waals surface area contributed by atoms with Crippen LogP contribution in [-0.4, -0.2) is 35.5 Å². The van der Waals surface area contributed by atoms with Crippen molar-refractivity contribution < 1.29 is 14.3 Å². The van der Waals surface area contributed by atoms with Crippen LogP contribution in [0.25, 0.3) is 0 Å². The summed E-state index contributed by atoms with van der Waals surface area (Å²) in [6, 6.07) is 12.1. The average Bonchev–Trinajstić information content (AvgIpc) is 2.49. The molecule has 1 heterocycles. The Morgan fingerprint density at radius 1 is 1.19 bits per heavy atom. The third kappa shape index (κ3) is 4.61. The monoisotopic (exact) mass is 285 g/mol. The van der Waals surface area contributed by atoms with Crippen molar-refractivity contribution in [2.24, 2.45) is 0 Å². The van der Waals surface area contributed by atoms with Crippen molar-refractivity contribution in [1.82, 2.24) is 9.88 Å². The van der Waals surface area contributed by atoms with E-state index in [4.69, 9.17) is 4.74 Å². The Morgan fingerprint density at radius 3 is 2.62 bits per heavy atom. The summed E-state index contributed by atoms with van der Waals surface area (Å²) in [5, 5.41) is 2.64. The highest BCUT2D eigenvalue weighted by atomic mass is 16.6. The lowest BCUT2D eigenvalue weighted by Gasteiger charge is -2.16. The highest BCUT2D eigenvalue weighted by Gasteiger charge is 2.15. The molecule has 0 saturated heterocycles. The molecule has 0 atom stereocenters. The third-order valence-corrected chi connectivity index (χ3v) is 2.59. The van der Waals surface area contributed by atoms with Gasteiger partial charge in [-0.25, -0.2) is 4.79 Å².